The maximum absolute atomic E-state index is 15.7. The molecule has 2 heterocycles. The average Bonchev–Trinajstić information content (AvgIpc) is 2.91. The molecule has 6 nitrogen and oxygen atoms in total. The molecule has 0 aliphatic carbocycles. The van der Waals surface area contributed by atoms with Crippen LogP contribution < -0.4 is 0 Å². The smallest absolute Gasteiger partial charge is 0.309 e. The van der Waals surface area contributed by atoms with Crippen molar-refractivity contribution in [1.82, 2.24) is 4.98 Å². The molecule has 0 unspecified atom stereocenters. The van der Waals surface area contributed by atoms with Gasteiger partial charge in [-0.05, 0) is 59.2 Å². The predicted molar refractivity (Wildman–Crippen MR) is 152 cm³/mol. The third kappa shape index (κ3) is 6.34. The average molecular weight is 564 g/mol. The van der Waals surface area contributed by atoms with Gasteiger partial charge in [0.1, 0.15) is 11.9 Å². The van der Waals surface area contributed by atoms with E-state index in [-0.39, 0.29) is 12.2 Å². The fourth-order valence-corrected chi connectivity index (χ4v) is 5.65. The lowest BCUT2D eigenvalue weighted by atomic mass is 9.93. The van der Waals surface area contributed by atoms with E-state index in [0.717, 1.165) is 32.0 Å². The van der Waals surface area contributed by atoms with Crippen molar-refractivity contribution in [2.75, 3.05) is 14.2 Å². The number of halogens is 1. The number of pyridine rings is 1. The van der Waals surface area contributed by atoms with Crippen LogP contribution in [0.1, 0.15) is 18.4 Å². The Balaban J connectivity index is 1.64. The first-order valence-electron chi connectivity index (χ1n) is 12.3. The maximum atomic E-state index is 15.7. The molecule has 2 atom stereocenters. The van der Waals surface area contributed by atoms with Crippen molar-refractivity contribution in [3.63, 3.8) is 0 Å². The Hall–Kier alpha value is -3.21. The predicted octanol–water partition coefficient (Wildman–Crippen LogP) is 7.09. The lowest BCUT2D eigenvalue weighted by molar-refractivity contribution is -0.156. The molecule has 1 aromatic heterocycles. The first-order valence-corrected chi connectivity index (χ1v) is 13.7. The number of hydrogen-bond acceptors (Lipinski definition) is 8. The largest absolute Gasteiger partial charge is 0.458 e. The SMILES string of the molecule is COSc1cccc(-c2cc3ncc(/C=C/[C@@H]4C[C@@H](O)CC(=O)O4)c(-c4cccc(SOC)c4)c3cc2F)c1. The second-order valence-electron chi connectivity index (χ2n) is 8.97. The molecule has 0 saturated carbocycles. The molecule has 5 rings (SSSR count). The van der Waals surface area contributed by atoms with E-state index in [2.05, 4.69) is 4.98 Å². The van der Waals surface area contributed by atoms with Crippen LogP contribution in [0.2, 0.25) is 0 Å². The van der Waals surface area contributed by atoms with Crippen LogP contribution in [-0.2, 0) is 17.9 Å². The third-order valence-corrected chi connectivity index (χ3v) is 7.52. The normalized spacial score (nSPS) is 17.6. The summed E-state index contributed by atoms with van der Waals surface area (Å²) < 4.78 is 31.5. The highest BCUT2D eigenvalue weighted by Crippen LogP contribution is 2.38. The molecule has 39 heavy (non-hydrogen) atoms. The second kappa shape index (κ2) is 12.3. The van der Waals surface area contributed by atoms with Crippen LogP contribution >= 0.6 is 24.1 Å². The number of rotatable bonds is 8. The number of aliphatic hydroxyl groups is 1. The molecular formula is C30H26FNO5S2. The van der Waals surface area contributed by atoms with Crippen LogP contribution in [0.25, 0.3) is 39.2 Å². The Morgan fingerprint density at radius 2 is 1.72 bits per heavy atom. The lowest BCUT2D eigenvalue weighted by Gasteiger charge is -2.23. The van der Waals surface area contributed by atoms with E-state index in [4.69, 9.17) is 13.1 Å². The second-order valence-corrected chi connectivity index (χ2v) is 10.9. The first-order chi connectivity index (χ1) is 18.9. The van der Waals surface area contributed by atoms with E-state index in [1.54, 1.807) is 32.6 Å². The van der Waals surface area contributed by atoms with Crippen LogP contribution in [0.4, 0.5) is 4.39 Å². The lowest BCUT2D eigenvalue weighted by Crippen LogP contribution is -2.31. The number of hydrogen-bond donors (Lipinski definition) is 1. The molecule has 3 aromatic carbocycles. The van der Waals surface area contributed by atoms with Crippen molar-refractivity contribution in [1.29, 1.82) is 0 Å². The molecule has 1 saturated heterocycles. The Morgan fingerprint density at radius 1 is 1.03 bits per heavy atom. The van der Waals surface area contributed by atoms with Gasteiger partial charge in [0.05, 0.1) is 32.3 Å². The van der Waals surface area contributed by atoms with E-state index in [1.165, 1.54) is 30.2 Å². The van der Waals surface area contributed by atoms with Gasteiger partial charge in [0, 0.05) is 63.0 Å². The standard InChI is InChI=1S/C30H26FNO5S2/c1-35-38-23-7-3-5-18(11-23)25-16-28-26(15-27(25)31)30(19-6-4-8-24(12-19)39-36-2)20(17-32-28)9-10-22-13-21(33)14-29(34)37-22/h3-12,15-17,21-22,33H,13-14H2,1-2H3/b10-9+/t21-,22-/m1/s1. The molecule has 0 amide bonds. The molecular weight excluding hydrogens is 537 g/mol. The number of esters is 1. The Morgan fingerprint density at radius 3 is 2.41 bits per heavy atom. The Bertz CT molecular complexity index is 1540. The molecule has 1 aliphatic heterocycles. The van der Waals surface area contributed by atoms with Crippen LogP contribution in [-0.4, -0.2) is 42.5 Å². The summed E-state index contributed by atoms with van der Waals surface area (Å²) in [5.74, 6) is -0.815. The number of fused-ring (bicyclic) bond motifs is 1. The van der Waals surface area contributed by atoms with Gasteiger partial charge in [-0.25, -0.2) is 4.39 Å². The zero-order valence-corrected chi connectivity index (χ0v) is 22.9. The molecule has 4 aromatic rings. The van der Waals surface area contributed by atoms with Crippen LogP contribution in [0.3, 0.4) is 0 Å². The summed E-state index contributed by atoms with van der Waals surface area (Å²) in [5.41, 5.74) is 4.16. The molecule has 1 N–H and O–H groups in total. The number of aromatic nitrogens is 1. The summed E-state index contributed by atoms with van der Waals surface area (Å²) in [4.78, 5) is 18.2. The number of carbonyl (C=O) groups excluding carboxylic acids is 1. The van der Waals surface area contributed by atoms with E-state index in [9.17, 15) is 9.90 Å². The molecule has 200 valence electrons. The zero-order chi connectivity index (χ0) is 27.4. The van der Waals surface area contributed by atoms with Gasteiger partial charge < -0.3 is 18.2 Å². The summed E-state index contributed by atoms with van der Waals surface area (Å²) in [6, 6.07) is 18.5. The Labute approximate surface area is 234 Å². The molecule has 9 heteroatoms. The van der Waals surface area contributed by atoms with Gasteiger partial charge in [0.2, 0.25) is 0 Å². The van der Waals surface area contributed by atoms with Crippen molar-refractivity contribution >= 4 is 47.0 Å². The minimum atomic E-state index is -0.744. The van der Waals surface area contributed by atoms with Gasteiger partial charge in [-0.2, -0.15) is 0 Å². The van der Waals surface area contributed by atoms with Gasteiger partial charge in [0.15, 0.2) is 0 Å². The summed E-state index contributed by atoms with van der Waals surface area (Å²) in [6.07, 6.45) is 4.28. The minimum absolute atomic E-state index is 0.00818. The highest BCUT2D eigenvalue weighted by molar-refractivity contribution is 7.94. The van der Waals surface area contributed by atoms with E-state index in [0.29, 0.717) is 22.9 Å². The van der Waals surface area contributed by atoms with Crippen molar-refractivity contribution in [3.8, 4) is 22.3 Å². The van der Waals surface area contributed by atoms with Gasteiger partial charge in [0.25, 0.3) is 0 Å². The van der Waals surface area contributed by atoms with Gasteiger partial charge in [-0.1, -0.05) is 30.3 Å². The minimum Gasteiger partial charge on any atom is -0.458 e. The molecule has 0 bridgehead atoms. The number of cyclic esters (lactones) is 1. The number of aliphatic hydroxyl groups excluding tert-OH is 1. The fraction of sp³-hybridized carbons (Fsp3) is 0.200. The van der Waals surface area contributed by atoms with Gasteiger partial charge in [-0.3, -0.25) is 9.78 Å². The maximum Gasteiger partial charge on any atom is 0.309 e. The summed E-state index contributed by atoms with van der Waals surface area (Å²) >= 11 is 2.45. The van der Waals surface area contributed by atoms with Crippen molar-refractivity contribution in [3.05, 3.63) is 84.3 Å². The number of ether oxygens (including phenoxy) is 1. The fourth-order valence-electron chi connectivity index (χ4n) is 4.65. The zero-order valence-electron chi connectivity index (χ0n) is 21.3. The third-order valence-electron chi connectivity index (χ3n) is 6.29. The summed E-state index contributed by atoms with van der Waals surface area (Å²) in [5, 5.41) is 10.6. The number of carbonyl (C=O) groups is 1. The van der Waals surface area contributed by atoms with Crippen molar-refractivity contribution < 1.29 is 27.4 Å². The van der Waals surface area contributed by atoms with E-state index in [1.807, 2.05) is 54.6 Å². The van der Waals surface area contributed by atoms with E-state index < -0.39 is 18.2 Å². The number of nitrogens with zero attached hydrogens (tertiary/aromatic N) is 1. The molecule has 0 spiro atoms. The molecule has 0 radical (unpaired) electrons. The quantitative estimate of drug-likeness (QED) is 0.180. The van der Waals surface area contributed by atoms with E-state index >= 15 is 4.39 Å². The van der Waals surface area contributed by atoms with Crippen molar-refractivity contribution in [2.45, 2.75) is 34.8 Å². The van der Waals surface area contributed by atoms with Crippen molar-refractivity contribution in [2.24, 2.45) is 0 Å². The summed E-state index contributed by atoms with van der Waals surface area (Å²) in [6.45, 7) is 0. The monoisotopic (exact) mass is 563 g/mol. The highest BCUT2D eigenvalue weighted by atomic mass is 32.2. The molecule has 1 aliphatic rings. The van der Waals surface area contributed by atoms with Gasteiger partial charge in [-0.15, -0.1) is 0 Å². The van der Waals surface area contributed by atoms with Gasteiger partial charge >= 0.3 is 5.97 Å². The molecule has 1 fully saturated rings. The highest BCUT2D eigenvalue weighted by Gasteiger charge is 2.25. The van der Waals surface area contributed by atoms with Crippen LogP contribution in [0, 0.1) is 5.82 Å². The first kappa shape index (κ1) is 27.4. The number of benzene rings is 3. The topological polar surface area (TPSA) is 77.9 Å². The Kier molecular flexibility index (Phi) is 8.64. The van der Waals surface area contributed by atoms with Crippen LogP contribution in [0.15, 0.2) is 82.7 Å². The summed E-state index contributed by atoms with van der Waals surface area (Å²) in [7, 11) is 3.19. The van der Waals surface area contributed by atoms with Crippen LogP contribution in [0.5, 0.6) is 0 Å².